The number of nitrogens with zero attached hydrogens (tertiary/aromatic N) is 1. The lowest BCUT2D eigenvalue weighted by atomic mass is 10.1. The molecule has 5 nitrogen and oxygen atoms in total. The first-order valence-electron chi connectivity index (χ1n) is 7.81. The summed E-state index contributed by atoms with van der Waals surface area (Å²) >= 11 is 0. The zero-order chi connectivity index (χ0) is 17.7. The number of benzene rings is 1. The zero-order valence-corrected chi connectivity index (χ0v) is 14.2. The molecule has 0 aliphatic heterocycles. The number of halogens is 1. The van der Waals surface area contributed by atoms with Gasteiger partial charge < -0.3 is 19.7 Å². The van der Waals surface area contributed by atoms with Crippen LogP contribution in [-0.2, 0) is 17.8 Å². The van der Waals surface area contributed by atoms with E-state index in [0.717, 1.165) is 16.8 Å². The van der Waals surface area contributed by atoms with Crippen LogP contribution in [0, 0.1) is 19.7 Å². The van der Waals surface area contributed by atoms with Gasteiger partial charge in [0.05, 0.1) is 12.2 Å². The maximum Gasteiger partial charge on any atom is 0.337 e. The summed E-state index contributed by atoms with van der Waals surface area (Å²) in [5.74, 6) is -1.22. The number of aromatic carboxylic acids is 1. The fraction of sp³-hybridized carbons (Fsp3) is 0.389. The van der Waals surface area contributed by atoms with E-state index in [0.29, 0.717) is 37.5 Å². The molecule has 0 spiro atoms. The Kier molecular flexibility index (Phi) is 6.11. The van der Waals surface area contributed by atoms with E-state index in [1.165, 1.54) is 12.1 Å². The number of carboxylic acid groups (broad SMARTS) is 1. The summed E-state index contributed by atoms with van der Waals surface area (Å²) in [5.41, 5.74) is 3.64. The Morgan fingerprint density at radius 2 is 1.92 bits per heavy atom. The molecule has 0 unspecified atom stereocenters. The predicted octanol–water partition coefficient (Wildman–Crippen LogP) is 2.73. The van der Waals surface area contributed by atoms with E-state index in [1.54, 1.807) is 26.2 Å². The molecule has 0 aliphatic carbocycles. The van der Waals surface area contributed by atoms with Crippen molar-refractivity contribution in [3.63, 3.8) is 0 Å². The van der Waals surface area contributed by atoms with Gasteiger partial charge in [-0.2, -0.15) is 0 Å². The Bertz CT molecular complexity index is 708. The van der Waals surface area contributed by atoms with Gasteiger partial charge in [0.2, 0.25) is 0 Å². The van der Waals surface area contributed by atoms with Crippen molar-refractivity contribution < 1.29 is 19.0 Å². The van der Waals surface area contributed by atoms with Crippen molar-refractivity contribution in [2.45, 2.75) is 26.9 Å². The lowest BCUT2D eigenvalue weighted by Crippen LogP contribution is -2.20. The van der Waals surface area contributed by atoms with Crippen molar-refractivity contribution in [3.05, 3.63) is 58.2 Å². The van der Waals surface area contributed by atoms with Crippen LogP contribution in [0.25, 0.3) is 0 Å². The number of methoxy groups -OCH3 is 1. The van der Waals surface area contributed by atoms with Crippen LogP contribution in [0.3, 0.4) is 0 Å². The summed E-state index contributed by atoms with van der Waals surface area (Å²) in [7, 11) is 1.62. The highest BCUT2D eigenvalue weighted by Gasteiger charge is 2.22. The smallest absolute Gasteiger partial charge is 0.337 e. The largest absolute Gasteiger partial charge is 0.478 e. The van der Waals surface area contributed by atoms with Crippen molar-refractivity contribution in [2.75, 3.05) is 20.3 Å². The molecule has 6 heteroatoms. The van der Waals surface area contributed by atoms with Gasteiger partial charge in [0.15, 0.2) is 0 Å². The average molecular weight is 334 g/mol. The van der Waals surface area contributed by atoms with Crippen LogP contribution >= 0.6 is 0 Å². The fourth-order valence-electron chi connectivity index (χ4n) is 2.85. The summed E-state index contributed by atoms with van der Waals surface area (Å²) < 4.78 is 20.0. The molecular formula is C18H23FN2O3. The van der Waals surface area contributed by atoms with Crippen LogP contribution in [0.4, 0.5) is 4.39 Å². The summed E-state index contributed by atoms with van der Waals surface area (Å²) in [5, 5.41) is 12.8. The number of rotatable bonds is 8. The van der Waals surface area contributed by atoms with Crippen molar-refractivity contribution >= 4 is 5.97 Å². The van der Waals surface area contributed by atoms with Crippen LogP contribution in [0.5, 0.6) is 0 Å². The topological polar surface area (TPSA) is 63.5 Å². The van der Waals surface area contributed by atoms with E-state index in [4.69, 9.17) is 4.74 Å². The molecule has 0 amide bonds. The molecule has 2 rings (SSSR count). The number of carbonyl (C=O) groups is 1. The quantitative estimate of drug-likeness (QED) is 0.729. The van der Waals surface area contributed by atoms with Crippen LogP contribution in [0.15, 0.2) is 24.3 Å². The van der Waals surface area contributed by atoms with Gasteiger partial charge in [-0.25, -0.2) is 9.18 Å². The maximum atomic E-state index is 13.1. The number of hydrogen-bond donors (Lipinski definition) is 2. The second-order valence-electron chi connectivity index (χ2n) is 5.71. The van der Waals surface area contributed by atoms with Crippen molar-refractivity contribution in [3.8, 4) is 0 Å². The van der Waals surface area contributed by atoms with E-state index in [1.807, 2.05) is 11.5 Å². The van der Waals surface area contributed by atoms with Gasteiger partial charge in [0, 0.05) is 43.7 Å². The van der Waals surface area contributed by atoms with E-state index in [-0.39, 0.29) is 5.82 Å². The molecule has 0 fully saturated rings. The summed E-state index contributed by atoms with van der Waals surface area (Å²) in [6, 6.07) is 6.25. The third-order valence-corrected chi connectivity index (χ3v) is 4.16. The third kappa shape index (κ3) is 4.01. The van der Waals surface area contributed by atoms with E-state index in [9.17, 15) is 14.3 Å². The fourth-order valence-corrected chi connectivity index (χ4v) is 2.85. The Morgan fingerprint density at radius 3 is 2.50 bits per heavy atom. The van der Waals surface area contributed by atoms with Gasteiger partial charge in [-0.1, -0.05) is 12.1 Å². The van der Waals surface area contributed by atoms with Crippen molar-refractivity contribution in [1.29, 1.82) is 0 Å². The highest BCUT2D eigenvalue weighted by molar-refractivity contribution is 5.91. The summed E-state index contributed by atoms with van der Waals surface area (Å²) in [6.07, 6.45) is 0. The Balaban J connectivity index is 2.30. The van der Waals surface area contributed by atoms with Crippen LogP contribution < -0.4 is 5.32 Å². The second kappa shape index (κ2) is 8.08. The monoisotopic (exact) mass is 334 g/mol. The molecule has 0 radical (unpaired) electrons. The lowest BCUT2D eigenvalue weighted by molar-refractivity contribution is 0.0694. The Labute approximate surface area is 141 Å². The van der Waals surface area contributed by atoms with Crippen molar-refractivity contribution in [2.24, 2.45) is 0 Å². The van der Waals surface area contributed by atoms with Crippen LogP contribution in [0.2, 0.25) is 0 Å². The van der Waals surface area contributed by atoms with E-state index < -0.39 is 5.97 Å². The molecule has 1 aromatic carbocycles. The second-order valence-corrected chi connectivity index (χ2v) is 5.71. The molecule has 0 atom stereocenters. The molecule has 0 saturated carbocycles. The molecule has 1 aromatic heterocycles. The number of nitrogens with one attached hydrogen (secondary N) is 1. The maximum absolute atomic E-state index is 13.1. The minimum Gasteiger partial charge on any atom is -0.478 e. The van der Waals surface area contributed by atoms with Gasteiger partial charge in [0.1, 0.15) is 5.82 Å². The first kappa shape index (κ1) is 18.2. The molecule has 0 saturated heterocycles. The summed E-state index contributed by atoms with van der Waals surface area (Å²) in [6.45, 7) is 5.91. The minimum absolute atomic E-state index is 0.283. The molecule has 130 valence electrons. The van der Waals surface area contributed by atoms with Gasteiger partial charge in [-0.3, -0.25) is 0 Å². The van der Waals surface area contributed by atoms with Gasteiger partial charge >= 0.3 is 5.97 Å². The van der Waals surface area contributed by atoms with Crippen LogP contribution in [0.1, 0.15) is 32.9 Å². The van der Waals surface area contributed by atoms with Crippen LogP contribution in [-0.4, -0.2) is 35.9 Å². The molecule has 0 bridgehead atoms. The van der Waals surface area contributed by atoms with Gasteiger partial charge in [-0.05, 0) is 31.5 Å². The normalized spacial score (nSPS) is 11.0. The molecule has 1 heterocycles. The average Bonchev–Trinajstić information content (AvgIpc) is 2.78. The number of ether oxygens (including phenoxy) is 1. The molecule has 2 aromatic rings. The highest BCUT2D eigenvalue weighted by atomic mass is 19.1. The number of hydrogen-bond acceptors (Lipinski definition) is 3. The van der Waals surface area contributed by atoms with E-state index >= 15 is 0 Å². The SMILES string of the molecule is COCCNCc1c(C(=O)O)c(C)n(Cc2ccc(F)cc2)c1C. The standard InChI is InChI=1S/C18H23FN2O3/c1-12-16(10-20-8-9-24-3)17(18(22)23)13(2)21(12)11-14-4-6-15(19)7-5-14/h4-7,20H,8-11H2,1-3H3,(H,22,23). The van der Waals surface area contributed by atoms with Crippen molar-refractivity contribution in [1.82, 2.24) is 9.88 Å². The number of carboxylic acids is 1. The Morgan fingerprint density at radius 1 is 1.25 bits per heavy atom. The molecule has 2 N–H and O–H groups in total. The highest BCUT2D eigenvalue weighted by Crippen LogP contribution is 2.24. The lowest BCUT2D eigenvalue weighted by Gasteiger charge is -2.10. The first-order valence-corrected chi connectivity index (χ1v) is 7.81. The first-order chi connectivity index (χ1) is 11.5. The summed E-state index contributed by atoms with van der Waals surface area (Å²) in [4.78, 5) is 11.7. The zero-order valence-electron chi connectivity index (χ0n) is 14.2. The van der Waals surface area contributed by atoms with E-state index in [2.05, 4.69) is 5.32 Å². The molecule has 24 heavy (non-hydrogen) atoms. The third-order valence-electron chi connectivity index (χ3n) is 4.16. The molecule has 0 aliphatic rings. The molecular weight excluding hydrogens is 311 g/mol. The minimum atomic E-state index is -0.933. The predicted molar refractivity (Wildman–Crippen MR) is 90.0 cm³/mol. The van der Waals surface area contributed by atoms with Gasteiger partial charge in [-0.15, -0.1) is 0 Å². The Hall–Kier alpha value is -2.18. The van der Waals surface area contributed by atoms with Gasteiger partial charge in [0.25, 0.3) is 0 Å². The number of aromatic nitrogens is 1.